The number of aliphatic carboxylic acids is 1. The van der Waals surface area contributed by atoms with Crippen molar-refractivity contribution in [2.75, 3.05) is 17.7 Å². The van der Waals surface area contributed by atoms with Gasteiger partial charge in [-0.05, 0) is 0 Å². The SMILES string of the molecule is CC(=O)OCC1=C(C(=O)O)N2C(=O)C(Nc3nc(-c4ccccc4)cs3)[C@H]2SC1. The number of nitrogens with zero attached hydrogens (tertiary/aromatic N) is 2. The molecule has 2 aliphatic rings. The Kier molecular flexibility index (Phi) is 5.29. The van der Waals surface area contributed by atoms with Gasteiger partial charge in [0, 0.05) is 29.2 Å². The molecule has 1 unspecified atom stereocenters. The van der Waals surface area contributed by atoms with Crippen LogP contribution in [0, 0.1) is 0 Å². The second-order valence-electron chi connectivity index (χ2n) is 6.47. The molecule has 1 aromatic carbocycles. The van der Waals surface area contributed by atoms with Crippen molar-refractivity contribution in [2.24, 2.45) is 0 Å². The van der Waals surface area contributed by atoms with Gasteiger partial charge in [0.2, 0.25) is 0 Å². The van der Waals surface area contributed by atoms with Crippen molar-refractivity contribution < 1.29 is 24.2 Å². The minimum Gasteiger partial charge on any atom is -0.477 e. The summed E-state index contributed by atoms with van der Waals surface area (Å²) in [5, 5.41) is 14.9. The van der Waals surface area contributed by atoms with Gasteiger partial charge in [0.25, 0.3) is 5.91 Å². The topological polar surface area (TPSA) is 109 Å². The third-order valence-electron chi connectivity index (χ3n) is 4.55. The molecule has 0 bridgehead atoms. The van der Waals surface area contributed by atoms with Gasteiger partial charge in [-0.1, -0.05) is 30.3 Å². The molecule has 0 saturated carbocycles. The number of anilines is 1. The summed E-state index contributed by atoms with van der Waals surface area (Å²) in [6.07, 6.45) is 0. The summed E-state index contributed by atoms with van der Waals surface area (Å²) in [4.78, 5) is 41.3. The number of aromatic nitrogens is 1. The Hall–Kier alpha value is -2.85. The molecule has 0 aliphatic carbocycles. The molecule has 4 rings (SSSR count). The van der Waals surface area contributed by atoms with Crippen molar-refractivity contribution in [3.63, 3.8) is 0 Å². The van der Waals surface area contributed by atoms with E-state index in [1.165, 1.54) is 34.9 Å². The first kappa shape index (κ1) is 19.5. The minimum atomic E-state index is -1.20. The van der Waals surface area contributed by atoms with Crippen LogP contribution < -0.4 is 5.32 Å². The number of carboxylic acids is 1. The van der Waals surface area contributed by atoms with Gasteiger partial charge in [0.15, 0.2) is 5.13 Å². The molecule has 2 atom stereocenters. The zero-order valence-corrected chi connectivity index (χ0v) is 17.0. The van der Waals surface area contributed by atoms with Gasteiger partial charge in [0.05, 0.1) is 5.69 Å². The molecule has 150 valence electrons. The molecule has 0 spiro atoms. The van der Waals surface area contributed by atoms with Crippen molar-refractivity contribution >= 4 is 46.1 Å². The highest BCUT2D eigenvalue weighted by atomic mass is 32.2. The Bertz CT molecular complexity index is 1000. The fourth-order valence-electron chi connectivity index (χ4n) is 3.20. The molecule has 2 aliphatic heterocycles. The number of thiazole rings is 1. The van der Waals surface area contributed by atoms with Crippen molar-refractivity contribution in [3.05, 3.63) is 47.0 Å². The summed E-state index contributed by atoms with van der Waals surface area (Å²) < 4.78 is 4.94. The Morgan fingerprint density at radius 1 is 1.34 bits per heavy atom. The monoisotopic (exact) mass is 431 g/mol. The number of hydrogen-bond acceptors (Lipinski definition) is 8. The zero-order valence-electron chi connectivity index (χ0n) is 15.3. The molecular weight excluding hydrogens is 414 g/mol. The highest BCUT2D eigenvalue weighted by molar-refractivity contribution is 8.00. The van der Waals surface area contributed by atoms with Gasteiger partial charge in [-0.25, -0.2) is 9.78 Å². The number of benzene rings is 1. The van der Waals surface area contributed by atoms with Gasteiger partial charge in [-0.15, -0.1) is 23.1 Å². The van der Waals surface area contributed by atoms with Gasteiger partial charge in [-0.2, -0.15) is 0 Å². The molecule has 2 N–H and O–H groups in total. The number of esters is 1. The van der Waals surface area contributed by atoms with E-state index >= 15 is 0 Å². The van der Waals surface area contributed by atoms with Crippen LogP contribution >= 0.6 is 23.1 Å². The van der Waals surface area contributed by atoms with Crippen LogP contribution in [0.2, 0.25) is 0 Å². The number of ether oxygens (including phenoxy) is 1. The van der Waals surface area contributed by atoms with E-state index in [1.807, 2.05) is 35.7 Å². The molecular formula is C19H17N3O5S2. The summed E-state index contributed by atoms with van der Waals surface area (Å²) in [5.41, 5.74) is 2.12. The van der Waals surface area contributed by atoms with Crippen LogP contribution in [0.25, 0.3) is 11.3 Å². The summed E-state index contributed by atoms with van der Waals surface area (Å²) in [5.74, 6) is -1.67. The summed E-state index contributed by atoms with van der Waals surface area (Å²) in [6, 6.07) is 9.16. The summed E-state index contributed by atoms with van der Waals surface area (Å²) >= 11 is 2.83. The van der Waals surface area contributed by atoms with Crippen LogP contribution in [-0.4, -0.2) is 56.6 Å². The van der Waals surface area contributed by atoms with Crippen molar-refractivity contribution in [2.45, 2.75) is 18.3 Å². The van der Waals surface area contributed by atoms with Crippen LogP contribution in [0.15, 0.2) is 47.0 Å². The highest BCUT2D eigenvalue weighted by Gasteiger charge is 2.54. The van der Waals surface area contributed by atoms with Crippen LogP contribution in [0.1, 0.15) is 6.92 Å². The fraction of sp³-hybridized carbons (Fsp3) is 0.263. The number of carbonyl (C=O) groups excluding carboxylic acids is 2. The smallest absolute Gasteiger partial charge is 0.352 e. The number of β-lactam (4-membered cyclic amide) rings is 1. The van der Waals surface area contributed by atoms with E-state index in [-0.39, 0.29) is 23.6 Å². The first-order valence-corrected chi connectivity index (χ1v) is 10.7. The molecule has 10 heteroatoms. The maximum absolute atomic E-state index is 12.7. The standard InChI is InChI=1S/C19H17N3O5S2/c1-10(23)27-7-12-8-28-17-14(16(24)22(17)15(12)18(25)26)21-19-20-13(9-29-19)11-5-3-2-4-6-11/h2-6,9,14,17H,7-8H2,1H3,(H,20,21)(H,25,26)/t14?,17-/m1/s1. The average molecular weight is 431 g/mol. The third kappa shape index (κ3) is 3.73. The summed E-state index contributed by atoms with van der Waals surface area (Å²) in [7, 11) is 0. The van der Waals surface area contributed by atoms with E-state index in [9.17, 15) is 19.5 Å². The first-order valence-electron chi connectivity index (χ1n) is 8.76. The fourth-order valence-corrected chi connectivity index (χ4v) is 5.28. The molecule has 2 aromatic rings. The maximum atomic E-state index is 12.7. The highest BCUT2D eigenvalue weighted by Crippen LogP contribution is 2.42. The van der Waals surface area contributed by atoms with E-state index in [4.69, 9.17) is 4.74 Å². The predicted octanol–water partition coefficient (Wildman–Crippen LogP) is 2.41. The zero-order chi connectivity index (χ0) is 20.5. The van der Waals surface area contributed by atoms with Crippen molar-refractivity contribution in [3.8, 4) is 11.3 Å². The van der Waals surface area contributed by atoms with Crippen LogP contribution in [0.3, 0.4) is 0 Å². The van der Waals surface area contributed by atoms with E-state index in [0.717, 1.165) is 11.3 Å². The van der Waals surface area contributed by atoms with Gasteiger partial charge >= 0.3 is 11.9 Å². The second kappa shape index (κ2) is 7.88. The Morgan fingerprint density at radius 3 is 2.79 bits per heavy atom. The van der Waals surface area contributed by atoms with Crippen LogP contribution in [0.5, 0.6) is 0 Å². The number of carboxylic acid groups (broad SMARTS) is 1. The van der Waals surface area contributed by atoms with Gasteiger partial charge in [-0.3, -0.25) is 14.5 Å². The molecule has 1 amide bonds. The number of fused-ring (bicyclic) bond motifs is 1. The average Bonchev–Trinajstić information content (AvgIpc) is 3.19. The molecule has 29 heavy (non-hydrogen) atoms. The van der Waals surface area contributed by atoms with Crippen molar-refractivity contribution in [1.29, 1.82) is 0 Å². The lowest BCUT2D eigenvalue weighted by atomic mass is 10.0. The molecule has 3 heterocycles. The Labute approximate surface area is 174 Å². The molecule has 1 fully saturated rings. The van der Waals surface area contributed by atoms with E-state index in [2.05, 4.69) is 10.3 Å². The number of amides is 1. The lowest BCUT2D eigenvalue weighted by Crippen LogP contribution is -2.67. The molecule has 0 radical (unpaired) electrons. The minimum absolute atomic E-state index is 0.0952. The molecule has 8 nitrogen and oxygen atoms in total. The van der Waals surface area contributed by atoms with Crippen molar-refractivity contribution in [1.82, 2.24) is 9.88 Å². The van der Waals surface area contributed by atoms with E-state index < -0.39 is 18.0 Å². The van der Waals surface area contributed by atoms with Crippen LogP contribution in [-0.2, 0) is 19.1 Å². The normalized spacial score (nSPS) is 20.7. The van der Waals surface area contributed by atoms with E-state index in [1.54, 1.807) is 0 Å². The Balaban J connectivity index is 1.49. The number of hydrogen-bond donors (Lipinski definition) is 2. The molecule has 1 aromatic heterocycles. The third-order valence-corrected chi connectivity index (χ3v) is 6.67. The lowest BCUT2D eigenvalue weighted by Gasteiger charge is -2.49. The van der Waals surface area contributed by atoms with E-state index in [0.29, 0.717) is 16.5 Å². The molecule has 1 saturated heterocycles. The van der Waals surface area contributed by atoms with Gasteiger partial charge in [0.1, 0.15) is 23.7 Å². The first-order chi connectivity index (χ1) is 14.0. The van der Waals surface area contributed by atoms with Crippen LogP contribution in [0.4, 0.5) is 5.13 Å². The quantitative estimate of drug-likeness (QED) is 0.530. The number of nitrogens with one attached hydrogen (secondary N) is 1. The largest absolute Gasteiger partial charge is 0.477 e. The lowest BCUT2D eigenvalue weighted by molar-refractivity contribution is -0.147. The van der Waals surface area contributed by atoms with Gasteiger partial charge < -0.3 is 15.2 Å². The Morgan fingerprint density at radius 2 is 2.10 bits per heavy atom. The second-order valence-corrected chi connectivity index (χ2v) is 8.44. The predicted molar refractivity (Wildman–Crippen MR) is 109 cm³/mol. The number of thioether (sulfide) groups is 1. The number of carbonyl (C=O) groups is 3. The number of rotatable bonds is 6. The summed E-state index contributed by atoms with van der Waals surface area (Å²) in [6.45, 7) is 1.12. The maximum Gasteiger partial charge on any atom is 0.352 e.